The Hall–Kier alpha value is -0.790. The normalized spacial score (nSPS) is 13.3. The average molecular weight is 151 g/mol. The van der Waals surface area contributed by atoms with Crippen molar-refractivity contribution in [2.24, 2.45) is 0 Å². The van der Waals surface area contributed by atoms with Gasteiger partial charge in [0.05, 0.1) is 6.33 Å². The Morgan fingerprint density at radius 2 is 2.45 bits per heavy atom. The Balaban J connectivity index is 2.36. The smallest absolute Gasteiger partial charge is 0.108 e. The molecule has 0 fully saturated rings. The molecule has 2 nitrogen and oxygen atoms in total. The molecule has 1 aromatic heterocycles. The molecule has 0 saturated carbocycles. The van der Waals surface area contributed by atoms with Crippen LogP contribution in [0, 0.1) is 6.20 Å². The lowest BCUT2D eigenvalue weighted by molar-refractivity contribution is 0.485. The molecule has 2 heteroatoms. The van der Waals surface area contributed by atoms with Crippen LogP contribution < -0.4 is 0 Å². The average Bonchev–Trinajstić information content (AvgIpc) is 2.52. The minimum Gasteiger partial charge on any atom is -0.334 e. The number of unbranched alkanes of at least 4 members (excludes halogenated alkanes) is 1. The summed E-state index contributed by atoms with van der Waals surface area (Å²) in [6.45, 7) is 4.43. The second-order valence-electron chi connectivity index (χ2n) is 2.94. The third kappa shape index (κ3) is 2.37. The molecule has 0 spiro atoms. The van der Waals surface area contributed by atoms with E-state index >= 15 is 0 Å². The predicted octanol–water partition coefficient (Wildman–Crippen LogP) is 2.43. The molecular formula is C9H15N2. The van der Waals surface area contributed by atoms with Crippen LogP contribution in [0.15, 0.2) is 12.5 Å². The number of nitrogens with zero attached hydrogens (tertiary/aromatic N) is 2. The highest BCUT2D eigenvalue weighted by Gasteiger charge is 2.01. The minimum absolute atomic E-state index is 0.577. The van der Waals surface area contributed by atoms with Crippen LogP contribution >= 0.6 is 0 Å². The van der Waals surface area contributed by atoms with Crippen LogP contribution in [-0.4, -0.2) is 9.55 Å². The van der Waals surface area contributed by atoms with Crippen LogP contribution in [0.1, 0.15) is 39.2 Å². The highest BCUT2D eigenvalue weighted by Crippen LogP contribution is 2.12. The standard InChI is InChI=1S/C9H15N2/c1-3-4-5-9(2)11-7-6-10-8-11/h7-9H,3-5H2,1-2H3. The second-order valence-corrected chi connectivity index (χ2v) is 2.94. The van der Waals surface area contributed by atoms with E-state index in [4.69, 9.17) is 0 Å². The molecule has 0 bridgehead atoms. The first-order valence-electron chi connectivity index (χ1n) is 4.24. The first kappa shape index (κ1) is 8.31. The van der Waals surface area contributed by atoms with Crippen molar-refractivity contribution in [2.45, 2.75) is 39.2 Å². The fraction of sp³-hybridized carbons (Fsp3) is 0.667. The highest BCUT2D eigenvalue weighted by molar-refractivity contribution is 4.76. The van der Waals surface area contributed by atoms with E-state index in [1.54, 1.807) is 0 Å². The molecule has 1 unspecified atom stereocenters. The van der Waals surface area contributed by atoms with Crippen molar-refractivity contribution in [3.63, 3.8) is 0 Å². The van der Waals surface area contributed by atoms with Crippen LogP contribution in [0.2, 0.25) is 0 Å². The van der Waals surface area contributed by atoms with Crippen molar-refractivity contribution in [1.29, 1.82) is 0 Å². The summed E-state index contributed by atoms with van der Waals surface area (Å²) in [5.41, 5.74) is 0. The Kier molecular flexibility index (Phi) is 3.14. The molecule has 0 N–H and O–H groups in total. The molecule has 1 radical (unpaired) electrons. The minimum atomic E-state index is 0.577. The lowest BCUT2D eigenvalue weighted by Crippen LogP contribution is -2.01. The predicted molar refractivity (Wildman–Crippen MR) is 45.3 cm³/mol. The van der Waals surface area contributed by atoms with E-state index in [0.29, 0.717) is 6.04 Å². The Labute approximate surface area is 68.3 Å². The van der Waals surface area contributed by atoms with E-state index in [9.17, 15) is 0 Å². The van der Waals surface area contributed by atoms with Gasteiger partial charge in [-0.3, -0.25) is 0 Å². The van der Waals surface area contributed by atoms with E-state index in [1.165, 1.54) is 19.3 Å². The van der Waals surface area contributed by atoms with Gasteiger partial charge in [-0.25, -0.2) is 4.98 Å². The fourth-order valence-corrected chi connectivity index (χ4v) is 1.12. The van der Waals surface area contributed by atoms with Crippen LogP contribution in [0.25, 0.3) is 0 Å². The molecule has 0 aliphatic rings. The molecule has 1 heterocycles. The molecule has 0 amide bonds. The van der Waals surface area contributed by atoms with E-state index < -0.39 is 0 Å². The van der Waals surface area contributed by atoms with Crippen molar-refractivity contribution in [3.8, 4) is 0 Å². The zero-order valence-corrected chi connectivity index (χ0v) is 7.25. The fourth-order valence-electron chi connectivity index (χ4n) is 1.12. The SMILES string of the molecule is CCCCC(C)n1c[c]nc1. The van der Waals surface area contributed by atoms with Gasteiger partial charge in [0.1, 0.15) is 6.20 Å². The van der Waals surface area contributed by atoms with Gasteiger partial charge in [0.2, 0.25) is 0 Å². The molecule has 0 aliphatic heterocycles. The quantitative estimate of drug-likeness (QED) is 0.646. The van der Waals surface area contributed by atoms with E-state index in [1.807, 2.05) is 12.5 Å². The first-order valence-corrected chi connectivity index (χ1v) is 4.24. The summed E-state index contributed by atoms with van der Waals surface area (Å²) in [6.07, 6.45) is 10.3. The molecular weight excluding hydrogens is 136 g/mol. The van der Waals surface area contributed by atoms with Gasteiger partial charge in [-0.15, -0.1) is 0 Å². The Bertz CT molecular complexity index is 179. The summed E-state index contributed by atoms with van der Waals surface area (Å²) in [5.74, 6) is 0. The highest BCUT2D eigenvalue weighted by atomic mass is 15.0. The molecule has 11 heavy (non-hydrogen) atoms. The van der Waals surface area contributed by atoms with Crippen LogP contribution in [-0.2, 0) is 0 Å². The van der Waals surface area contributed by atoms with E-state index in [0.717, 1.165) is 0 Å². The Morgan fingerprint density at radius 3 is 3.00 bits per heavy atom. The third-order valence-electron chi connectivity index (χ3n) is 1.96. The lowest BCUT2D eigenvalue weighted by Gasteiger charge is -2.11. The first-order chi connectivity index (χ1) is 5.34. The van der Waals surface area contributed by atoms with Crippen LogP contribution in [0.4, 0.5) is 0 Å². The maximum Gasteiger partial charge on any atom is 0.108 e. The summed E-state index contributed by atoms with van der Waals surface area (Å²) in [4.78, 5) is 3.89. The van der Waals surface area contributed by atoms with Gasteiger partial charge in [-0.1, -0.05) is 19.8 Å². The van der Waals surface area contributed by atoms with Crippen LogP contribution in [0.3, 0.4) is 0 Å². The Morgan fingerprint density at radius 1 is 1.64 bits per heavy atom. The van der Waals surface area contributed by atoms with Gasteiger partial charge in [-0.05, 0) is 13.3 Å². The maximum absolute atomic E-state index is 3.89. The zero-order valence-electron chi connectivity index (χ0n) is 7.25. The molecule has 0 saturated heterocycles. The maximum atomic E-state index is 3.89. The van der Waals surface area contributed by atoms with Gasteiger partial charge in [-0.2, -0.15) is 0 Å². The summed E-state index contributed by atoms with van der Waals surface area (Å²) < 4.78 is 2.11. The molecule has 0 aliphatic carbocycles. The molecule has 1 aromatic rings. The summed E-state index contributed by atoms with van der Waals surface area (Å²) >= 11 is 0. The van der Waals surface area contributed by atoms with Gasteiger partial charge < -0.3 is 4.57 Å². The largest absolute Gasteiger partial charge is 0.334 e. The van der Waals surface area contributed by atoms with Gasteiger partial charge in [0, 0.05) is 12.2 Å². The van der Waals surface area contributed by atoms with Gasteiger partial charge in [0.15, 0.2) is 0 Å². The van der Waals surface area contributed by atoms with Crippen molar-refractivity contribution >= 4 is 0 Å². The second kappa shape index (κ2) is 4.16. The topological polar surface area (TPSA) is 17.8 Å². The summed E-state index contributed by atoms with van der Waals surface area (Å²) in [5, 5.41) is 0. The van der Waals surface area contributed by atoms with Crippen LogP contribution in [0.5, 0.6) is 0 Å². The molecule has 61 valence electrons. The zero-order chi connectivity index (χ0) is 8.10. The van der Waals surface area contributed by atoms with E-state index in [2.05, 4.69) is 29.6 Å². The molecule has 1 atom stereocenters. The third-order valence-corrected chi connectivity index (χ3v) is 1.96. The van der Waals surface area contributed by atoms with Crippen molar-refractivity contribution < 1.29 is 0 Å². The van der Waals surface area contributed by atoms with Crippen molar-refractivity contribution in [1.82, 2.24) is 9.55 Å². The number of rotatable bonds is 4. The number of aromatic nitrogens is 2. The van der Waals surface area contributed by atoms with E-state index in [-0.39, 0.29) is 0 Å². The number of imidazole rings is 1. The monoisotopic (exact) mass is 151 g/mol. The summed E-state index contributed by atoms with van der Waals surface area (Å²) in [6, 6.07) is 0.577. The van der Waals surface area contributed by atoms with Gasteiger partial charge >= 0.3 is 0 Å². The number of hydrogen-bond donors (Lipinski definition) is 0. The number of hydrogen-bond acceptors (Lipinski definition) is 1. The lowest BCUT2D eigenvalue weighted by atomic mass is 10.1. The van der Waals surface area contributed by atoms with Crippen molar-refractivity contribution in [2.75, 3.05) is 0 Å². The molecule has 1 rings (SSSR count). The summed E-state index contributed by atoms with van der Waals surface area (Å²) in [7, 11) is 0. The van der Waals surface area contributed by atoms with Crippen molar-refractivity contribution in [3.05, 3.63) is 18.7 Å². The van der Waals surface area contributed by atoms with Gasteiger partial charge in [0.25, 0.3) is 0 Å². The molecule has 0 aromatic carbocycles.